The molecule has 2 aromatic carbocycles. The van der Waals surface area contributed by atoms with Gasteiger partial charge in [0.2, 0.25) is 5.75 Å². The van der Waals surface area contributed by atoms with E-state index in [-0.39, 0.29) is 22.8 Å². The van der Waals surface area contributed by atoms with Gasteiger partial charge in [-0.15, -0.1) is 0 Å². The maximum Gasteiger partial charge on any atom is 0.340 e. The number of rotatable bonds is 8. The maximum absolute atomic E-state index is 13.8. The molecule has 0 amide bonds. The van der Waals surface area contributed by atoms with E-state index in [2.05, 4.69) is 9.46 Å². The number of ether oxygens (including phenoxy) is 4. The van der Waals surface area contributed by atoms with Crippen LogP contribution in [-0.4, -0.2) is 53.9 Å². The number of carboxylic acids is 1. The summed E-state index contributed by atoms with van der Waals surface area (Å²) in [7, 11) is 0.141. The lowest BCUT2D eigenvalue weighted by atomic mass is 10.1. The fourth-order valence-corrected chi connectivity index (χ4v) is 4.24. The molecule has 13 heteroatoms. The molecule has 0 heterocycles. The topological polar surface area (TPSA) is 137 Å². The van der Waals surface area contributed by atoms with Crippen molar-refractivity contribution < 1.29 is 46.5 Å². The molecule has 2 aromatic rings. The molecule has 0 spiro atoms. The largest absolute Gasteiger partial charge is 0.493 e. The number of carbonyl (C=O) groups is 2. The molecule has 2 rings (SSSR count). The summed E-state index contributed by atoms with van der Waals surface area (Å²) in [5.41, 5.74) is -1.63. The number of hydrogen-bond acceptors (Lipinski definition) is 8. The van der Waals surface area contributed by atoms with Crippen LogP contribution in [0.2, 0.25) is 5.02 Å². The van der Waals surface area contributed by atoms with Crippen LogP contribution in [0.3, 0.4) is 0 Å². The quantitative estimate of drug-likeness (QED) is 0.549. The van der Waals surface area contributed by atoms with E-state index >= 15 is 0 Å². The monoisotopic (exact) mass is 477 g/mol. The molecule has 168 valence electrons. The minimum absolute atomic E-state index is 0.0377. The Morgan fingerprint density at radius 3 is 2.10 bits per heavy atom. The van der Waals surface area contributed by atoms with Crippen LogP contribution in [0.25, 0.3) is 0 Å². The van der Waals surface area contributed by atoms with Gasteiger partial charge in [-0.3, -0.25) is 4.72 Å². The van der Waals surface area contributed by atoms with Gasteiger partial charge in [-0.2, -0.15) is 0 Å². The van der Waals surface area contributed by atoms with Gasteiger partial charge in [0.25, 0.3) is 10.0 Å². The van der Waals surface area contributed by atoms with Crippen molar-refractivity contribution in [2.24, 2.45) is 0 Å². The van der Waals surface area contributed by atoms with E-state index in [9.17, 15) is 22.4 Å². The van der Waals surface area contributed by atoms with Crippen molar-refractivity contribution in [2.45, 2.75) is 4.90 Å². The van der Waals surface area contributed by atoms with Crippen LogP contribution in [0.4, 0.5) is 10.1 Å². The lowest BCUT2D eigenvalue weighted by Crippen LogP contribution is -2.19. The van der Waals surface area contributed by atoms with Crippen LogP contribution < -0.4 is 18.9 Å². The molecule has 0 radical (unpaired) electrons. The molecule has 0 aliphatic rings. The lowest BCUT2D eigenvalue weighted by Gasteiger charge is -2.20. The second-order valence-electron chi connectivity index (χ2n) is 5.73. The fraction of sp³-hybridized carbons (Fsp3) is 0.222. The summed E-state index contributed by atoms with van der Waals surface area (Å²) in [5.74, 6) is -4.13. The molecule has 0 fully saturated rings. The van der Waals surface area contributed by atoms with Gasteiger partial charge in [-0.25, -0.2) is 22.4 Å². The average Bonchev–Trinajstić information content (AvgIpc) is 2.71. The van der Waals surface area contributed by atoms with Gasteiger partial charge in [-0.05, 0) is 12.1 Å². The summed E-state index contributed by atoms with van der Waals surface area (Å²) in [6, 6.07) is 2.25. The van der Waals surface area contributed by atoms with E-state index in [1.807, 2.05) is 0 Å². The molecule has 0 unspecified atom stereocenters. The predicted molar refractivity (Wildman–Crippen MR) is 107 cm³/mol. The van der Waals surface area contributed by atoms with Crippen LogP contribution in [0.5, 0.6) is 17.2 Å². The zero-order chi connectivity index (χ0) is 23.5. The summed E-state index contributed by atoms with van der Waals surface area (Å²) in [4.78, 5) is 22.7. The molecule has 0 aliphatic carbocycles. The first kappa shape index (κ1) is 24.0. The smallest absolute Gasteiger partial charge is 0.340 e. The van der Waals surface area contributed by atoms with Gasteiger partial charge in [0.05, 0.1) is 44.6 Å². The highest BCUT2D eigenvalue weighted by atomic mass is 35.5. The molecule has 0 saturated heterocycles. The van der Waals surface area contributed by atoms with E-state index in [1.165, 1.54) is 21.3 Å². The Balaban J connectivity index is 2.79. The minimum Gasteiger partial charge on any atom is -0.493 e. The number of esters is 1. The SMILES string of the molecule is COC(=O)c1cc(OC)c(OC)c(OC)c1NS(=O)(=O)c1cc(C(=O)O)c(F)cc1Cl. The van der Waals surface area contributed by atoms with Crippen LogP contribution in [0, 0.1) is 5.82 Å². The normalized spacial score (nSPS) is 10.9. The van der Waals surface area contributed by atoms with Crippen molar-refractivity contribution in [1.82, 2.24) is 0 Å². The van der Waals surface area contributed by atoms with Gasteiger partial charge < -0.3 is 24.1 Å². The number of hydrogen-bond donors (Lipinski definition) is 2. The van der Waals surface area contributed by atoms with E-state index in [4.69, 9.17) is 30.9 Å². The van der Waals surface area contributed by atoms with Crippen molar-refractivity contribution >= 4 is 39.3 Å². The Morgan fingerprint density at radius 1 is 1.00 bits per heavy atom. The fourth-order valence-electron chi connectivity index (χ4n) is 2.62. The van der Waals surface area contributed by atoms with Gasteiger partial charge in [0.15, 0.2) is 11.5 Å². The van der Waals surface area contributed by atoms with Crippen LogP contribution in [0.15, 0.2) is 23.1 Å². The third-order valence-corrected chi connectivity index (χ3v) is 5.83. The Kier molecular flexibility index (Phi) is 7.18. The maximum atomic E-state index is 13.8. The molecule has 31 heavy (non-hydrogen) atoms. The molecule has 0 saturated carbocycles. The average molecular weight is 478 g/mol. The molecular weight excluding hydrogens is 461 g/mol. The number of sulfonamides is 1. The van der Waals surface area contributed by atoms with Gasteiger partial charge >= 0.3 is 11.9 Å². The van der Waals surface area contributed by atoms with Crippen molar-refractivity contribution in [3.8, 4) is 17.2 Å². The van der Waals surface area contributed by atoms with E-state index in [0.29, 0.717) is 12.1 Å². The summed E-state index contributed by atoms with van der Waals surface area (Å²) in [6.45, 7) is 0. The van der Waals surface area contributed by atoms with Gasteiger partial charge in [0.1, 0.15) is 16.4 Å². The molecule has 0 atom stereocenters. The van der Waals surface area contributed by atoms with Crippen molar-refractivity contribution in [3.05, 3.63) is 40.2 Å². The molecule has 0 bridgehead atoms. The lowest BCUT2D eigenvalue weighted by molar-refractivity contribution is 0.0600. The van der Waals surface area contributed by atoms with Gasteiger partial charge in [0, 0.05) is 6.07 Å². The second kappa shape index (κ2) is 9.27. The molecule has 2 N–H and O–H groups in total. The highest BCUT2D eigenvalue weighted by Crippen LogP contribution is 2.46. The second-order valence-corrected chi connectivity index (χ2v) is 7.79. The third kappa shape index (κ3) is 4.59. The number of carboxylic acid groups (broad SMARTS) is 1. The van der Waals surface area contributed by atoms with Crippen molar-refractivity contribution in [2.75, 3.05) is 33.2 Å². The zero-order valence-corrected chi connectivity index (χ0v) is 18.2. The Labute approximate surface area is 181 Å². The minimum atomic E-state index is -4.65. The number of carbonyl (C=O) groups excluding carboxylic acids is 1. The Bertz CT molecular complexity index is 1150. The summed E-state index contributed by atoms with van der Waals surface area (Å²) >= 11 is 5.85. The molecule has 0 aromatic heterocycles. The third-order valence-electron chi connectivity index (χ3n) is 4.01. The van der Waals surface area contributed by atoms with Crippen LogP contribution >= 0.6 is 11.6 Å². The number of anilines is 1. The Morgan fingerprint density at radius 2 is 1.61 bits per heavy atom. The zero-order valence-electron chi connectivity index (χ0n) is 16.6. The predicted octanol–water partition coefficient (Wildman–Crippen LogP) is 2.79. The number of benzene rings is 2. The van der Waals surface area contributed by atoms with E-state index in [0.717, 1.165) is 13.2 Å². The highest BCUT2D eigenvalue weighted by Gasteiger charge is 2.30. The number of aromatic carboxylic acids is 1. The number of methoxy groups -OCH3 is 4. The summed E-state index contributed by atoms with van der Waals surface area (Å²) in [5, 5.41) is 8.49. The van der Waals surface area contributed by atoms with Crippen LogP contribution in [-0.2, 0) is 14.8 Å². The first-order chi connectivity index (χ1) is 14.5. The molecular formula is C18H17ClFNO9S. The molecule has 10 nitrogen and oxygen atoms in total. The van der Waals surface area contributed by atoms with E-state index < -0.39 is 48.9 Å². The van der Waals surface area contributed by atoms with Gasteiger partial charge in [-0.1, -0.05) is 11.6 Å². The summed E-state index contributed by atoms with van der Waals surface area (Å²) in [6.07, 6.45) is 0. The van der Waals surface area contributed by atoms with Crippen molar-refractivity contribution in [3.63, 3.8) is 0 Å². The number of halogens is 2. The van der Waals surface area contributed by atoms with Crippen molar-refractivity contribution in [1.29, 1.82) is 0 Å². The first-order valence-electron chi connectivity index (χ1n) is 8.18. The summed E-state index contributed by atoms with van der Waals surface area (Å²) < 4.78 is 62.1. The first-order valence-corrected chi connectivity index (χ1v) is 10.0. The highest BCUT2D eigenvalue weighted by molar-refractivity contribution is 7.92. The standard InChI is InChI=1S/C18H17ClFNO9S/c1-27-12-5-9(18(24)30-4)14(16(29-3)15(12)28-2)21-31(25,26)13-6-8(17(22)23)11(20)7-10(13)19/h5-7,21H,1-4H3,(H,22,23). The van der Waals surface area contributed by atoms with Crippen LogP contribution in [0.1, 0.15) is 20.7 Å². The van der Waals surface area contributed by atoms with E-state index in [1.54, 1.807) is 0 Å². The molecule has 0 aliphatic heterocycles. The Hall–Kier alpha value is -3.25. The number of nitrogens with one attached hydrogen (secondary N) is 1.